The summed E-state index contributed by atoms with van der Waals surface area (Å²) in [7, 11) is 4.84. The van der Waals surface area contributed by atoms with Gasteiger partial charge in [-0.3, -0.25) is 19.1 Å². The van der Waals surface area contributed by atoms with Crippen LogP contribution in [0.1, 0.15) is 44.5 Å². The molecule has 11 nitrogen and oxygen atoms in total. The third-order valence-corrected chi connectivity index (χ3v) is 8.38. The lowest BCUT2D eigenvalue weighted by Gasteiger charge is -2.16. The summed E-state index contributed by atoms with van der Waals surface area (Å²) in [5, 5.41) is 14.9. The van der Waals surface area contributed by atoms with Gasteiger partial charge in [-0.25, -0.2) is 0 Å². The van der Waals surface area contributed by atoms with Gasteiger partial charge in [0.15, 0.2) is 22.7 Å². The number of hydrogen-bond donors (Lipinski definition) is 3. The van der Waals surface area contributed by atoms with Crippen LogP contribution in [0.4, 0.5) is 11.4 Å². The van der Waals surface area contributed by atoms with Crippen LogP contribution in [0.15, 0.2) is 94.3 Å². The number of fused-ring (bicyclic) bond motifs is 2. The standard InChI is InChI=1S/C38H37N5O6/c1-5-23-9-13-33-29(17-23)32(44)20-36(49-33)38(46)42-30-19-35(48-4)34(47-3)18-28(30)37(45)41-27-10-6-24(7-11-27)14-15-39-21-25-8-12-31-26(16-25)22-40-43(31)2/h6-13,16-20,22,39H,5,14-15,21H2,1-4H3,(H,41,45)(H,42,46). The van der Waals surface area contributed by atoms with E-state index in [1.165, 1.54) is 31.9 Å². The molecule has 0 radical (unpaired) electrons. The fraction of sp³-hybridized carbons (Fsp3) is 0.211. The van der Waals surface area contributed by atoms with Crippen molar-refractivity contribution in [1.29, 1.82) is 0 Å². The van der Waals surface area contributed by atoms with E-state index in [2.05, 4.69) is 39.2 Å². The van der Waals surface area contributed by atoms with Crippen molar-refractivity contribution in [2.45, 2.75) is 26.3 Å². The van der Waals surface area contributed by atoms with Crippen molar-refractivity contribution in [3.8, 4) is 11.5 Å². The van der Waals surface area contributed by atoms with Crippen LogP contribution in [0.3, 0.4) is 0 Å². The van der Waals surface area contributed by atoms with Crippen LogP contribution in [0, 0.1) is 0 Å². The van der Waals surface area contributed by atoms with Gasteiger partial charge in [0.05, 0.1) is 42.6 Å². The SMILES string of the molecule is CCc1ccc2oc(C(=O)Nc3cc(OC)c(OC)cc3C(=O)Nc3ccc(CCNCc4ccc5c(cnn5C)c4)cc3)cc(=O)c2c1. The Morgan fingerprint density at radius 2 is 1.57 bits per heavy atom. The van der Waals surface area contributed by atoms with Crippen molar-refractivity contribution in [3.05, 3.63) is 123 Å². The monoisotopic (exact) mass is 659 g/mol. The highest BCUT2D eigenvalue weighted by Gasteiger charge is 2.21. The number of rotatable bonds is 12. The predicted molar refractivity (Wildman–Crippen MR) is 190 cm³/mol. The fourth-order valence-electron chi connectivity index (χ4n) is 5.63. The van der Waals surface area contributed by atoms with E-state index >= 15 is 0 Å². The molecule has 0 atom stereocenters. The number of carbonyl (C=O) groups excluding carboxylic acids is 2. The Bertz CT molecular complexity index is 2220. The zero-order chi connectivity index (χ0) is 34.5. The largest absolute Gasteiger partial charge is 0.493 e. The van der Waals surface area contributed by atoms with E-state index in [1.807, 2.05) is 55.2 Å². The van der Waals surface area contributed by atoms with Gasteiger partial charge in [-0.15, -0.1) is 0 Å². The molecule has 2 heterocycles. The van der Waals surface area contributed by atoms with Gasteiger partial charge in [-0.1, -0.05) is 31.2 Å². The Morgan fingerprint density at radius 1 is 0.837 bits per heavy atom. The molecule has 6 aromatic rings. The van der Waals surface area contributed by atoms with Crippen LogP contribution < -0.4 is 30.9 Å². The van der Waals surface area contributed by atoms with Gasteiger partial charge in [0, 0.05) is 36.8 Å². The lowest BCUT2D eigenvalue weighted by molar-refractivity contribution is 0.0997. The van der Waals surface area contributed by atoms with Crippen molar-refractivity contribution in [2.24, 2.45) is 7.05 Å². The molecule has 3 N–H and O–H groups in total. The highest BCUT2D eigenvalue weighted by atomic mass is 16.5. The van der Waals surface area contributed by atoms with E-state index in [0.717, 1.165) is 54.0 Å². The summed E-state index contributed by atoms with van der Waals surface area (Å²) in [4.78, 5) is 39.8. The lowest BCUT2D eigenvalue weighted by atomic mass is 10.1. The van der Waals surface area contributed by atoms with Gasteiger partial charge < -0.3 is 29.8 Å². The maximum atomic E-state index is 13.6. The van der Waals surface area contributed by atoms with Crippen LogP contribution in [0.2, 0.25) is 0 Å². The first-order valence-corrected chi connectivity index (χ1v) is 15.9. The summed E-state index contributed by atoms with van der Waals surface area (Å²) >= 11 is 0. The number of benzene rings is 4. The third kappa shape index (κ3) is 7.31. The van der Waals surface area contributed by atoms with Gasteiger partial charge in [-0.2, -0.15) is 5.10 Å². The first kappa shape index (κ1) is 33.0. The van der Waals surface area contributed by atoms with Gasteiger partial charge in [0.2, 0.25) is 0 Å². The number of anilines is 2. The molecule has 2 aromatic heterocycles. The first-order valence-electron chi connectivity index (χ1n) is 15.9. The van der Waals surface area contributed by atoms with Crippen molar-refractivity contribution in [3.63, 3.8) is 0 Å². The molecule has 0 saturated carbocycles. The molecule has 11 heteroatoms. The van der Waals surface area contributed by atoms with Gasteiger partial charge in [-0.05, 0) is 78.5 Å². The zero-order valence-corrected chi connectivity index (χ0v) is 27.8. The Balaban J connectivity index is 1.13. The molecule has 49 heavy (non-hydrogen) atoms. The maximum Gasteiger partial charge on any atom is 0.291 e. The molecule has 0 saturated heterocycles. The summed E-state index contributed by atoms with van der Waals surface area (Å²) in [6.07, 6.45) is 3.43. The van der Waals surface area contributed by atoms with Gasteiger partial charge in [0.25, 0.3) is 11.8 Å². The summed E-state index contributed by atoms with van der Waals surface area (Å²) in [5.74, 6) is -0.768. The highest BCUT2D eigenvalue weighted by Crippen LogP contribution is 2.34. The summed E-state index contributed by atoms with van der Waals surface area (Å²) in [6, 6.07) is 23.3. The zero-order valence-electron chi connectivity index (χ0n) is 27.8. The summed E-state index contributed by atoms with van der Waals surface area (Å²) in [6.45, 7) is 3.52. The summed E-state index contributed by atoms with van der Waals surface area (Å²) in [5.41, 5.74) is 5.18. The molecule has 0 aliphatic carbocycles. The summed E-state index contributed by atoms with van der Waals surface area (Å²) < 4.78 is 18.5. The molecule has 0 spiro atoms. The minimum absolute atomic E-state index is 0.125. The van der Waals surface area contributed by atoms with E-state index in [1.54, 1.807) is 12.1 Å². The number of methoxy groups -OCH3 is 2. The van der Waals surface area contributed by atoms with Crippen LogP contribution in [-0.4, -0.2) is 42.4 Å². The number of ether oxygens (including phenoxy) is 2. The smallest absolute Gasteiger partial charge is 0.291 e. The van der Waals surface area contributed by atoms with E-state index in [0.29, 0.717) is 28.2 Å². The average molecular weight is 660 g/mol. The number of hydrogen-bond acceptors (Lipinski definition) is 8. The molecule has 4 aromatic carbocycles. The number of carbonyl (C=O) groups is 2. The number of aryl methyl sites for hydroxylation is 2. The second kappa shape index (κ2) is 14.4. The molecule has 0 aliphatic heterocycles. The van der Waals surface area contributed by atoms with Crippen LogP contribution >= 0.6 is 0 Å². The number of nitrogens with one attached hydrogen (secondary N) is 3. The van der Waals surface area contributed by atoms with Crippen LogP contribution in [0.5, 0.6) is 11.5 Å². The van der Waals surface area contributed by atoms with Gasteiger partial charge in [0.1, 0.15) is 5.58 Å². The molecule has 0 fully saturated rings. The van der Waals surface area contributed by atoms with Crippen molar-refractivity contribution >= 4 is 45.1 Å². The van der Waals surface area contributed by atoms with Crippen molar-refractivity contribution in [1.82, 2.24) is 15.1 Å². The van der Waals surface area contributed by atoms with E-state index in [9.17, 15) is 14.4 Å². The van der Waals surface area contributed by atoms with E-state index in [4.69, 9.17) is 13.9 Å². The molecule has 0 unspecified atom stereocenters. The normalized spacial score (nSPS) is 11.1. The number of amides is 2. The van der Waals surface area contributed by atoms with E-state index in [-0.39, 0.29) is 22.4 Å². The second-order valence-electron chi connectivity index (χ2n) is 11.6. The number of nitrogens with zero attached hydrogens (tertiary/aromatic N) is 2. The lowest BCUT2D eigenvalue weighted by Crippen LogP contribution is -2.20. The molecule has 2 amide bonds. The predicted octanol–water partition coefficient (Wildman–Crippen LogP) is 6.10. The van der Waals surface area contributed by atoms with Crippen LogP contribution in [-0.2, 0) is 26.4 Å². The molecule has 0 aliphatic rings. The minimum Gasteiger partial charge on any atom is -0.493 e. The van der Waals surface area contributed by atoms with E-state index < -0.39 is 11.8 Å². The van der Waals surface area contributed by atoms with Gasteiger partial charge >= 0.3 is 0 Å². The van der Waals surface area contributed by atoms with Crippen molar-refractivity contribution in [2.75, 3.05) is 31.4 Å². The minimum atomic E-state index is -0.699. The Labute approximate surface area is 282 Å². The molecule has 0 bridgehead atoms. The maximum absolute atomic E-state index is 13.6. The van der Waals surface area contributed by atoms with Crippen molar-refractivity contribution < 1.29 is 23.5 Å². The average Bonchev–Trinajstić information content (AvgIpc) is 3.49. The topological polar surface area (TPSA) is 137 Å². The molecule has 6 rings (SSSR count). The quantitative estimate of drug-likeness (QED) is 0.134. The number of aromatic nitrogens is 2. The Hall–Kier alpha value is -5.94. The molecule has 250 valence electrons. The Morgan fingerprint density at radius 3 is 2.33 bits per heavy atom. The third-order valence-electron chi connectivity index (χ3n) is 8.38. The van der Waals surface area contributed by atoms with Crippen LogP contribution in [0.25, 0.3) is 21.9 Å². The first-order chi connectivity index (χ1) is 23.8. The second-order valence-corrected chi connectivity index (χ2v) is 11.6. The highest BCUT2D eigenvalue weighted by molar-refractivity contribution is 6.12. The molecular weight excluding hydrogens is 622 g/mol. The Kier molecular flexibility index (Phi) is 9.72. The molecular formula is C38H37N5O6. The fourth-order valence-corrected chi connectivity index (χ4v) is 5.63.